The van der Waals surface area contributed by atoms with Crippen molar-refractivity contribution in [3.8, 4) is 0 Å². The van der Waals surface area contributed by atoms with E-state index >= 15 is 0 Å². The van der Waals surface area contributed by atoms with E-state index in [-0.39, 0.29) is 0 Å². The second kappa shape index (κ2) is 6.51. The monoisotopic (exact) mass is 285 g/mol. The molecule has 0 fully saturated rings. The first-order valence-electron chi connectivity index (χ1n) is 6.03. The minimum atomic E-state index is -1.23. The molecule has 2 amide bonds. The first kappa shape index (κ1) is 15.4. The lowest BCUT2D eigenvalue weighted by Crippen LogP contribution is -2.55. The third kappa shape index (κ3) is 4.20. The van der Waals surface area contributed by atoms with Crippen LogP contribution in [0.25, 0.3) is 0 Å². The number of rotatable bonds is 6. The summed E-state index contributed by atoms with van der Waals surface area (Å²) in [5, 5.41) is 13.6. The van der Waals surface area contributed by atoms with E-state index in [4.69, 9.17) is 0 Å². The molecule has 6 nitrogen and oxygen atoms in total. The molecule has 0 saturated carbocycles. The van der Waals surface area contributed by atoms with E-state index in [9.17, 15) is 14.7 Å². The predicted octanol–water partition coefficient (Wildman–Crippen LogP) is 1.93. The number of hydrogen-bond acceptors (Lipinski definition) is 4. The molecule has 1 aromatic rings. The van der Waals surface area contributed by atoms with E-state index in [1.165, 1.54) is 23.2 Å². The summed E-state index contributed by atoms with van der Waals surface area (Å²) < 4.78 is 0. The number of carbonyl (C=O) groups excluding carboxylic acids is 1. The quantitative estimate of drug-likeness (QED) is 0.836. The molecule has 1 unspecified atom stereocenters. The van der Waals surface area contributed by atoms with Gasteiger partial charge in [0.2, 0.25) is 0 Å². The number of carboxylic acid groups (broad SMARTS) is 1. The number of carbonyl (C=O) groups is 2. The van der Waals surface area contributed by atoms with Crippen LogP contribution in [0, 0.1) is 0 Å². The van der Waals surface area contributed by atoms with Gasteiger partial charge in [0, 0.05) is 12.4 Å². The Kier molecular flexibility index (Phi) is 5.29. The van der Waals surface area contributed by atoms with Crippen LogP contribution in [-0.4, -0.2) is 39.6 Å². The number of thiazole rings is 1. The summed E-state index contributed by atoms with van der Waals surface area (Å²) in [5.74, 6) is -1.02. The van der Waals surface area contributed by atoms with Crippen molar-refractivity contribution in [2.24, 2.45) is 0 Å². The highest BCUT2D eigenvalue weighted by atomic mass is 32.1. The minimum absolute atomic E-state index is 0.358. The highest BCUT2D eigenvalue weighted by Gasteiger charge is 2.34. The highest BCUT2D eigenvalue weighted by molar-refractivity contribution is 7.07. The van der Waals surface area contributed by atoms with Gasteiger partial charge in [-0.05, 0) is 13.3 Å². The van der Waals surface area contributed by atoms with Crippen LogP contribution < -0.4 is 5.32 Å². The van der Waals surface area contributed by atoms with Gasteiger partial charge in [0.05, 0.1) is 17.7 Å². The Balaban J connectivity index is 2.64. The molecule has 0 bridgehead atoms. The Labute approximate surface area is 116 Å². The molecule has 1 rings (SSSR count). The molecular weight excluding hydrogens is 266 g/mol. The van der Waals surface area contributed by atoms with Crippen LogP contribution >= 0.6 is 11.3 Å². The molecule has 1 heterocycles. The number of urea groups is 1. The number of hydrogen-bond donors (Lipinski definition) is 2. The van der Waals surface area contributed by atoms with E-state index in [1.54, 1.807) is 12.6 Å². The fourth-order valence-corrected chi connectivity index (χ4v) is 2.23. The van der Waals surface area contributed by atoms with E-state index in [0.29, 0.717) is 19.4 Å². The van der Waals surface area contributed by atoms with E-state index in [0.717, 1.165) is 5.69 Å². The van der Waals surface area contributed by atoms with E-state index < -0.39 is 17.5 Å². The molecule has 7 heteroatoms. The average molecular weight is 285 g/mol. The molecule has 0 radical (unpaired) electrons. The summed E-state index contributed by atoms with van der Waals surface area (Å²) in [6, 6.07) is -0.411. The number of aromatic nitrogens is 1. The molecule has 0 saturated heterocycles. The van der Waals surface area contributed by atoms with Crippen LogP contribution in [0.5, 0.6) is 0 Å². The van der Waals surface area contributed by atoms with Crippen molar-refractivity contribution in [2.75, 3.05) is 7.05 Å². The van der Waals surface area contributed by atoms with Crippen molar-refractivity contribution in [1.82, 2.24) is 15.2 Å². The van der Waals surface area contributed by atoms with Crippen LogP contribution in [0.1, 0.15) is 32.4 Å². The molecule has 0 aliphatic carbocycles. The van der Waals surface area contributed by atoms with Crippen LogP contribution in [0.2, 0.25) is 0 Å². The van der Waals surface area contributed by atoms with Crippen molar-refractivity contribution >= 4 is 23.3 Å². The maximum atomic E-state index is 12.0. The number of aliphatic carboxylic acids is 1. The summed E-state index contributed by atoms with van der Waals surface area (Å²) in [7, 11) is 1.61. The van der Waals surface area contributed by atoms with Crippen LogP contribution in [-0.2, 0) is 11.3 Å². The van der Waals surface area contributed by atoms with Gasteiger partial charge < -0.3 is 15.3 Å². The minimum Gasteiger partial charge on any atom is -0.480 e. The van der Waals surface area contributed by atoms with Crippen LogP contribution in [0.4, 0.5) is 4.79 Å². The summed E-state index contributed by atoms with van der Waals surface area (Å²) in [6.07, 6.45) is 1.07. The topological polar surface area (TPSA) is 82.5 Å². The maximum Gasteiger partial charge on any atom is 0.329 e. The van der Waals surface area contributed by atoms with Gasteiger partial charge in [0.25, 0.3) is 0 Å². The standard InChI is InChI=1S/C12H19N3O3S/c1-4-5-12(2,10(16)17)14-11(18)15(3)6-9-7-19-8-13-9/h7-8H,4-6H2,1-3H3,(H,14,18)(H,16,17). The Morgan fingerprint density at radius 3 is 2.74 bits per heavy atom. The first-order valence-corrected chi connectivity index (χ1v) is 6.97. The number of amides is 2. The molecule has 0 spiro atoms. The van der Waals surface area contributed by atoms with Crippen molar-refractivity contribution in [3.63, 3.8) is 0 Å². The van der Waals surface area contributed by atoms with Gasteiger partial charge in [-0.2, -0.15) is 0 Å². The number of carboxylic acids is 1. The Morgan fingerprint density at radius 1 is 1.58 bits per heavy atom. The zero-order valence-corrected chi connectivity index (χ0v) is 12.2. The molecule has 0 aliphatic heterocycles. The van der Waals surface area contributed by atoms with E-state index in [1.807, 2.05) is 12.3 Å². The summed E-state index contributed by atoms with van der Waals surface area (Å²) in [4.78, 5) is 28.7. The van der Waals surface area contributed by atoms with Gasteiger partial charge in [-0.1, -0.05) is 13.3 Å². The Hall–Kier alpha value is -1.63. The third-order valence-electron chi connectivity index (χ3n) is 2.83. The second-order valence-electron chi connectivity index (χ2n) is 4.65. The summed E-state index contributed by atoms with van der Waals surface area (Å²) in [6.45, 7) is 3.76. The van der Waals surface area contributed by atoms with Gasteiger partial charge in [-0.3, -0.25) is 0 Å². The Morgan fingerprint density at radius 2 is 2.26 bits per heavy atom. The summed E-state index contributed by atoms with van der Waals surface area (Å²) >= 11 is 1.46. The fourth-order valence-electron chi connectivity index (χ4n) is 1.68. The average Bonchev–Trinajstić information content (AvgIpc) is 2.81. The van der Waals surface area contributed by atoms with Gasteiger partial charge in [-0.25, -0.2) is 14.6 Å². The largest absolute Gasteiger partial charge is 0.480 e. The SMILES string of the molecule is CCCC(C)(NC(=O)N(C)Cc1cscn1)C(=O)O. The Bertz CT molecular complexity index is 435. The maximum absolute atomic E-state index is 12.0. The molecule has 19 heavy (non-hydrogen) atoms. The molecule has 1 aromatic heterocycles. The third-order valence-corrected chi connectivity index (χ3v) is 3.47. The normalized spacial score (nSPS) is 13.6. The molecule has 2 N–H and O–H groups in total. The molecule has 1 atom stereocenters. The van der Waals surface area contributed by atoms with Crippen molar-refractivity contribution in [3.05, 3.63) is 16.6 Å². The highest BCUT2D eigenvalue weighted by Crippen LogP contribution is 2.13. The van der Waals surface area contributed by atoms with Gasteiger partial charge in [0.15, 0.2) is 0 Å². The molecular formula is C12H19N3O3S. The second-order valence-corrected chi connectivity index (χ2v) is 5.37. The lowest BCUT2D eigenvalue weighted by atomic mass is 9.96. The van der Waals surface area contributed by atoms with E-state index in [2.05, 4.69) is 10.3 Å². The molecule has 0 aromatic carbocycles. The fraction of sp³-hybridized carbons (Fsp3) is 0.583. The predicted molar refractivity (Wildman–Crippen MR) is 73.1 cm³/mol. The molecule has 0 aliphatic rings. The zero-order valence-electron chi connectivity index (χ0n) is 11.3. The van der Waals surface area contributed by atoms with Crippen molar-refractivity contribution in [1.29, 1.82) is 0 Å². The van der Waals surface area contributed by atoms with Crippen molar-refractivity contribution < 1.29 is 14.7 Å². The summed E-state index contributed by atoms with van der Waals surface area (Å²) in [5.41, 5.74) is 1.25. The van der Waals surface area contributed by atoms with Gasteiger partial charge in [0.1, 0.15) is 5.54 Å². The number of nitrogens with zero attached hydrogens (tertiary/aromatic N) is 2. The molecule has 106 valence electrons. The van der Waals surface area contributed by atoms with Gasteiger partial charge >= 0.3 is 12.0 Å². The lowest BCUT2D eigenvalue weighted by Gasteiger charge is -2.28. The van der Waals surface area contributed by atoms with Crippen LogP contribution in [0.3, 0.4) is 0 Å². The first-order chi connectivity index (χ1) is 8.89. The lowest BCUT2D eigenvalue weighted by molar-refractivity contribution is -0.144. The van der Waals surface area contributed by atoms with Crippen molar-refractivity contribution in [2.45, 2.75) is 38.8 Å². The smallest absolute Gasteiger partial charge is 0.329 e. The number of nitrogens with one attached hydrogen (secondary N) is 1. The van der Waals surface area contributed by atoms with Crippen LogP contribution in [0.15, 0.2) is 10.9 Å². The zero-order chi connectivity index (χ0) is 14.5. The van der Waals surface area contributed by atoms with Gasteiger partial charge in [-0.15, -0.1) is 11.3 Å².